The number of hydrogen-bond donors (Lipinski definition) is 1. The van der Waals surface area contributed by atoms with Crippen molar-refractivity contribution in [3.05, 3.63) is 41.0 Å². The first-order valence-corrected chi connectivity index (χ1v) is 11.0. The summed E-state index contributed by atoms with van der Waals surface area (Å²) < 4.78 is 15.2. The van der Waals surface area contributed by atoms with Crippen LogP contribution in [0.25, 0.3) is 21.8 Å². The summed E-state index contributed by atoms with van der Waals surface area (Å²) in [6.07, 6.45) is 3.69. The van der Waals surface area contributed by atoms with E-state index in [4.69, 9.17) is 14.2 Å². The van der Waals surface area contributed by atoms with Crippen molar-refractivity contribution < 1.29 is 28.6 Å². The fraction of sp³-hybridized carbons (Fsp3) is 0.400. The van der Waals surface area contributed by atoms with Crippen LogP contribution in [0.15, 0.2) is 24.3 Å². The van der Waals surface area contributed by atoms with Gasteiger partial charge in [0.2, 0.25) is 0 Å². The maximum absolute atomic E-state index is 13.1. The molecule has 1 aromatic heterocycles. The normalized spacial score (nSPS) is 10.9. The standard InChI is InChI=1S/C25H30N2O6/c1-6-7-8-9-13-16-18(23(28)31-3)20(24(29)32-4)21-19(22(16)27(2)25(30)33-5)15-12-10-11-14-17(15)26-21/h10-12,14,26H,6-9,13H2,1-5H3. The number of esters is 2. The van der Waals surface area contributed by atoms with Crippen LogP contribution in [-0.4, -0.2) is 51.4 Å². The summed E-state index contributed by atoms with van der Waals surface area (Å²) in [6.45, 7) is 2.11. The highest BCUT2D eigenvalue weighted by atomic mass is 16.5. The molecular formula is C25H30N2O6. The zero-order valence-electron chi connectivity index (χ0n) is 19.7. The average molecular weight is 455 g/mol. The van der Waals surface area contributed by atoms with Gasteiger partial charge in [-0.25, -0.2) is 14.4 Å². The molecule has 0 unspecified atom stereocenters. The molecule has 0 aliphatic carbocycles. The number of benzene rings is 2. The average Bonchev–Trinajstić information content (AvgIpc) is 3.22. The number of nitrogens with one attached hydrogen (secondary N) is 1. The monoisotopic (exact) mass is 454 g/mol. The van der Waals surface area contributed by atoms with Crippen molar-refractivity contribution in [2.45, 2.75) is 39.0 Å². The van der Waals surface area contributed by atoms with Crippen LogP contribution in [-0.2, 0) is 20.6 Å². The molecule has 176 valence electrons. The van der Waals surface area contributed by atoms with E-state index < -0.39 is 18.0 Å². The molecule has 8 heteroatoms. The molecule has 3 aromatic rings. The van der Waals surface area contributed by atoms with Crippen molar-refractivity contribution in [1.82, 2.24) is 4.98 Å². The number of H-pyrrole nitrogens is 1. The molecular weight excluding hydrogens is 424 g/mol. The Morgan fingerprint density at radius 1 is 0.909 bits per heavy atom. The highest BCUT2D eigenvalue weighted by molar-refractivity contribution is 6.24. The van der Waals surface area contributed by atoms with Gasteiger partial charge in [-0.05, 0) is 24.5 Å². The van der Waals surface area contributed by atoms with Gasteiger partial charge in [-0.15, -0.1) is 0 Å². The third-order valence-electron chi connectivity index (χ3n) is 5.87. The number of anilines is 1. The molecule has 0 atom stereocenters. The van der Waals surface area contributed by atoms with Crippen molar-refractivity contribution >= 4 is 45.5 Å². The van der Waals surface area contributed by atoms with Gasteiger partial charge in [-0.1, -0.05) is 44.4 Å². The van der Waals surface area contributed by atoms with Crippen molar-refractivity contribution in [1.29, 1.82) is 0 Å². The van der Waals surface area contributed by atoms with E-state index in [0.29, 0.717) is 28.6 Å². The number of carbonyl (C=O) groups is 3. The number of rotatable bonds is 8. The highest BCUT2D eigenvalue weighted by Gasteiger charge is 2.33. The van der Waals surface area contributed by atoms with Crippen LogP contribution in [0.4, 0.5) is 10.5 Å². The Morgan fingerprint density at radius 3 is 2.21 bits per heavy atom. The summed E-state index contributed by atoms with van der Waals surface area (Å²) in [5.41, 5.74) is 2.44. The predicted molar refractivity (Wildman–Crippen MR) is 127 cm³/mol. The summed E-state index contributed by atoms with van der Waals surface area (Å²) in [5, 5.41) is 1.46. The molecule has 0 aliphatic heterocycles. The number of fused-ring (bicyclic) bond motifs is 3. The Morgan fingerprint density at radius 2 is 1.58 bits per heavy atom. The number of para-hydroxylation sites is 1. The molecule has 0 fully saturated rings. The number of aromatic amines is 1. The molecule has 0 radical (unpaired) electrons. The SMILES string of the molecule is CCCCCCc1c(C(=O)OC)c(C(=O)OC)c2[nH]c3ccccc3c2c1N(C)C(=O)OC. The first-order chi connectivity index (χ1) is 15.9. The van der Waals surface area contributed by atoms with Gasteiger partial charge in [0.1, 0.15) is 0 Å². The second kappa shape index (κ2) is 10.4. The van der Waals surface area contributed by atoms with Crippen molar-refractivity contribution in [2.24, 2.45) is 0 Å². The molecule has 1 N–H and O–H groups in total. The zero-order valence-corrected chi connectivity index (χ0v) is 19.7. The third kappa shape index (κ3) is 4.37. The molecule has 33 heavy (non-hydrogen) atoms. The van der Waals surface area contributed by atoms with Crippen molar-refractivity contribution in [3.63, 3.8) is 0 Å². The predicted octanol–water partition coefficient (Wildman–Crippen LogP) is 5.22. The summed E-state index contributed by atoms with van der Waals surface area (Å²) in [4.78, 5) is 43.3. The van der Waals surface area contributed by atoms with Crippen LogP contribution in [0.3, 0.4) is 0 Å². The van der Waals surface area contributed by atoms with Gasteiger partial charge in [0.25, 0.3) is 0 Å². The van der Waals surface area contributed by atoms with Gasteiger partial charge in [0.05, 0.1) is 43.7 Å². The number of carbonyl (C=O) groups excluding carboxylic acids is 3. The fourth-order valence-corrected chi connectivity index (χ4v) is 4.32. The quantitative estimate of drug-likeness (QED) is 0.285. The van der Waals surface area contributed by atoms with Gasteiger partial charge >= 0.3 is 18.0 Å². The summed E-state index contributed by atoms with van der Waals surface area (Å²) in [7, 11) is 5.43. The molecule has 2 aromatic carbocycles. The summed E-state index contributed by atoms with van der Waals surface area (Å²) in [6, 6.07) is 7.52. The number of ether oxygens (including phenoxy) is 3. The highest BCUT2D eigenvalue weighted by Crippen LogP contribution is 2.42. The maximum Gasteiger partial charge on any atom is 0.413 e. The van der Waals surface area contributed by atoms with E-state index >= 15 is 0 Å². The fourth-order valence-electron chi connectivity index (χ4n) is 4.32. The Bertz CT molecular complexity index is 1200. The maximum atomic E-state index is 13.1. The molecule has 0 spiro atoms. The minimum absolute atomic E-state index is 0.100. The van der Waals surface area contributed by atoms with Crippen LogP contribution >= 0.6 is 0 Å². The van der Waals surface area contributed by atoms with E-state index in [1.165, 1.54) is 26.2 Å². The first-order valence-electron chi connectivity index (χ1n) is 11.0. The van der Waals surface area contributed by atoms with Gasteiger partial charge in [0, 0.05) is 23.3 Å². The molecule has 3 rings (SSSR count). The summed E-state index contributed by atoms with van der Waals surface area (Å²) >= 11 is 0. The number of amides is 1. The first kappa shape index (κ1) is 24.1. The lowest BCUT2D eigenvalue weighted by Gasteiger charge is -2.24. The molecule has 0 saturated heterocycles. The molecule has 0 saturated carbocycles. The zero-order chi connectivity index (χ0) is 24.1. The van der Waals surface area contributed by atoms with Crippen LogP contribution in [0.5, 0.6) is 0 Å². The lowest BCUT2D eigenvalue weighted by atomic mass is 9.90. The third-order valence-corrected chi connectivity index (χ3v) is 5.87. The van der Waals surface area contributed by atoms with Crippen LogP contribution in [0, 0.1) is 0 Å². The van der Waals surface area contributed by atoms with Crippen molar-refractivity contribution in [3.8, 4) is 0 Å². The van der Waals surface area contributed by atoms with E-state index in [9.17, 15) is 14.4 Å². The molecule has 8 nitrogen and oxygen atoms in total. The van der Waals surface area contributed by atoms with E-state index in [1.807, 2.05) is 24.3 Å². The van der Waals surface area contributed by atoms with Gasteiger partial charge in [-0.3, -0.25) is 4.90 Å². The van der Waals surface area contributed by atoms with Gasteiger partial charge in [-0.2, -0.15) is 0 Å². The van der Waals surface area contributed by atoms with E-state index in [2.05, 4.69) is 11.9 Å². The molecule has 0 bridgehead atoms. The number of methoxy groups -OCH3 is 3. The lowest BCUT2D eigenvalue weighted by Crippen LogP contribution is -2.29. The molecule has 0 aliphatic rings. The van der Waals surface area contributed by atoms with E-state index in [1.54, 1.807) is 7.05 Å². The van der Waals surface area contributed by atoms with E-state index in [-0.39, 0.29) is 11.1 Å². The Hall–Kier alpha value is -3.55. The number of hydrogen-bond acceptors (Lipinski definition) is 6. The Kier molecular flexibility index (Phi) is 7.58. The Balaban J connectivity index is 2.52. The molecule has 1 amide bonds. The van der Waals surface area contributed by atoms with E-state index in [0.717, 1.165) is 36.6 Å². The Labute approximate surface area is 192 Å². The van der Waals surface area contributed by atoms with Crippen LogP contribution in [0.1, 0.15) is 58.9 Å². The molecule has 1 heterocycles. The van der Waals surface area contributed by atoms with Crippen LogP contribution < -0.4 is 4.90 Å². The topological polar surface area (TPSA) is 97.9 Å². The van der Waals surface area contributed by atoms with Crippen molar-refractivity contribution in [2.75, 3.05) is 33.3 Å². The summed E-state index contributed by atoms with van der Waals surface area (Å²) in [5.74, 6) is -1.32. The van der Waals surface area contributed by atoms with Crippen LogP contribution in [0.2, 0.25) is 0 Å². The minimum atomic E-state index is -0.666. The number of aromatic nitrogens is 1. The second-order valence-corrected chi connectivity index (χ2v) is 7.82. The number of nitrogens with zero attached hydrogens (tertiary/aromatic N) is 1. The van der Waals surface area contributed by atoms with Gasteiger partial charge < -0.3 is 19.2 Å². The smallest absolute Gasteiger partial charge is 0.413 e. The minimum Gasteiger partial charge on any atom is -0.465 e. The largest absolute Gasteiger partial charge is 0.465 e. The van der Waals surface area contributed by atoms with Gasteiger partial charge in [0.15, 0.2) is 0 Å². The lowest BCUT2D eigenvalue weighted by molar-refractivity contribution is 0.0556. The second-order valence-electron chi connectivity index (χ2n) is 7.82. The number of unbranched alkanes of at least 4 members (excludes halogenated alkanes) is 3.